The van der Waals surface area contributed by atoms with E-state index in [0.717, 1.165) is 32.1 Å². The summed E-state index contributed by atoms with van der Waals surface area (Å²) < 4.78 is 0. The molecule has 4 nitrogen and oxygen atoms in total. The Bertz CT molecular complexity index is 174. The van der Waals surface area contributed by atoms with Crippen LogP contribution in [0.5, 0.6) is 0 Å². The van der Waals surface area contributed by atoms with Crippen LogP contribution in [0.25, 0.3) is 0 Å². The van der Waals surface area contributed by atoms with Gasteiger partial charge in [-0.15, -0.1) is 0 Å². The summed E-state index contributed by atoms with van der Waals surface area (Å²) in [5, 5.41) is 27.1. The Morgan fingerprint density at radius 1 is 1.15 bits per heavy atom. The maximum absolute atomic E-state index is 10.4. The number of aliphatic carboxylic acids is 1. The summed E-state index contributed by atoms with van der Waals surface area (Å²) in [5.74, 6) is -1.38. The predicted molar refractivity (Wildman–Crippen MR) is 46.2 cm³/mol. The van der Waals surface area contributed by atoms with E-state index in [1.165, 1.54) is 0 Å². The molecule has 0 aromatic carbocycles. The van der Waals surface area contributed by atoms with Crippen LogP contribution < -0.4 is 0 Å². The van der Waals surface area contributed by atoms with Crippen LogP contribution in [0.3, 0.4) is 0 Å². The van der Waals surface area contributed by atoms with E-state index in [9.17, 15) is 9.90 Å². The van der Waals surface area contributed by atoms with Crippen LogP contribution in [0.4, 0.5) is 0 Å². The molecule has 0 aromatic rings. The van der Waals surface area contributed by atoms with Gasteiger partial charge in [0.2, 0.25) is 0 Å². The minimum Gasteiger partial charge on any atom is -0.479 e. The van der Waals surface area contributed by atoms with Crippen molar-refractivity contribution in [3.63, 3.8) is 0 Å². The monoisotopic (exact) mass is 188 g/mol. The van der Waals surface area contributed by atoms with E-state index in [1.54, 1.807) is 0 Å². The second-order valence-corrected chi connectivity index (χ2v) is 3.67. The zero-order valence-electron chi connectivity index (χ0n) is 7.52. The Balaban J connectivity index is 2.44. The van der Waals surface area contributed by atoms with Gasteiger partial charge in [-0.05, 0) is 18.8 Å². The maximum Gasteiger partial charge on any atom is 0.335 e. The van der Waals surface area contributed by atoms with Crippen LogP contribution >= 0.6 is 0 Å². The number of carboxylic acids is 1. The lowest BCUT2D eigenvalue weighted by molar-refractivity contribution is -0.155. The molecule has 2 atom stereocenters. The van der Waals surface area contributed by atoms with Gasteiger partial charge in [-0.2, -0.15) is 0 Å². The summed E-state index contributed by atoms with van der Waals surface area (Å²) in [6.07, 6.45) is 2.12. The smallest absolute Gasteiger partial charge is 0.335 e. The molecule has 76 valence electrons. The van der Waals surface area contributed by atoms with Crippen molar-refractivity contribution in [1.29, 1.82) is 0 Å². The number of hydrogen-bond donors (Lipinski definition) is 3. The summed E-state index contributed by atoms with van der Waals surface area (Å²) in [6.45, 7) is 0. The van der Waals surface area contributed by atoms with Crippen LogP contribution in [0.1, 0.15) is 32.1 Å². The molecule has 0 heterocycles. The Morgan fingerprint density at radius 2 is 1.69 bits per heavy atom. The van der Waals surface area contributed by atoms with Crippen molar-refractivity contribution in [2.24, 2.45) is 5.92 Å². The Morgan fingerprint density at radius 3 is 2.15 bits per heavy atom. The Labute approximate surface area is 77.2 Å². The minimum atomic E-state index is -1.62. The quantitative estimate of drug-likeness (QED) is 0.598. The van der Waals surface area contributed by atoms with E-state index >= 15 is 0 Å². The van der Waals surface area contributed by atoms with E-state index in [-0.39, 0.29) is 5.92 Å². The highest BCUT2D eigenvalue weighted by Crippen LogP contribution is 2.27. The van der Waals surface area contributed by atoms with E-state index in [0.29, 0.717) is 0 Å². The highest BCUT2D eigenvalue weighted by Gasteiger charge is 2.31. The average molecular weight is 188 g/mol. The molecule has 1 fully saturated rings. The number of carbonyl (C=O) groups is 1. The molecule has 1 rings (SSSR count). The van der Waals surface area contributed by atoms with Gasteiger partial charge >= 0.3 is 5.97 Å². The lowest BCUT2D eigenvalue weighted by atomic mass is 9.83. The van der Waals surface area contributed by atoms with Crippen LogP contribution in [0, 0.1) is 5.92 Å². The van der Waals surface area contributed by atoms with Crippen molar-refractivity contribution in [2.75, 3.05) is 0 Å². The zero-order chi connectivity index (χ0) is 9.84. The number of carboxylic acid groups (broad SMARTS) is 1. The van der Waals surface area contributed by atoms with Gasteiger partial charge in [0.25, 0.3) is 0 Å². The number of hydrogen-bond acceptors (Lipinski definition) is 3. The van der Waals surface area contributed by atoms with Crippen molar-refractivity contribution in [2.45, 2.75) is 44.3 Å². The molecule has 0 aromatic heterocycles. The predicted octanol–water partition coefficient (Wildman–Crippen LogP) is 0.373. The maximum atomic E-state index is 10.4. The second-order valence-electron chi connectivity index (χ2n) is 3.67. The molecule has 1 saturated carbocycles. The van der Waals surface area contributed by atoms with E-state index in [2.05, 4.69) is 0 Å². The van der Waals surface area contributed by atoms with Crippen LogP contribution in [-0.2, 0) is 4.79 Å². The molecule has 13 heavy (non-hydrogen) atoms. The van der Waals surface area contributed by atoms with Gasteiger partial charge in [0, 0.05) is 0 Å². The Kier molecular flexibility index (Phi) is 3.69. The van der Waals surface area contributed by atoms with Crippen molar-refractivity contribution < 1.29 is 20.1 Å². The number of aliphatic hydroxyl groups excluding tert-OH is 2. The van der Waals surface area contributed by atoms with Gasteiger partial charge in [-0.3, -0.25) is 0 Å². The summed E-state index contributed by atoms with van der Waals surface area (Å²) in [7, 11) is 0. The van der Waals surface area contributed by atoms with Crippen molar-refractivity contribution in [3.05, 3.63) is 0 Å². The Hall–Kier alpha value is -0.610. The number of aliphatic hydroxyl groups is 2. The van der Waals surface area contributed by atoms with Crippen molar-refractivity contribution >= 4 is 5.97 Å². The molecule has 0 radical (unpaired) electrons. The van der Waals surface area contributed by atoms with Crippen molar-refractivity contribution in [1.82, 2.24) is 0 Å². The van der Waals surface area contributed by atoms with E-state index in [1.807, 2.05) is 0 Å². The average Bonchev–Trinajstić information content (AvgIpc) is 2.17. The molecule has 2 unspecified atom stereocenters. The van der Waals surface area contributed by atoms with Crippen LogP contribution in [0.15, 0.2) is 0 Å². The van der Waals surface area contributed by atoms with Gasteiger partial charge < -0.3 is 15.3 Å². The molecule has 3 N–H and O–H groups in total. The molecule has 4 heteroatoms. The molecule has 1 aliphatic carbocycles. The first-order valence-electron chi connectivity index (χ1n) is 4.72. The van der Waals surface area contributed by atoms with Gasteiger partial charge in [0.1, 0.15) is 0 Å². The fourth-order valence-corrected chi connectivity index (χ4v) is 1.88. The molecular formula is C9H16O4. The van der Waals surface area contributed by atoms with Gasteiger partial charge in [-0.25, -0.2) is 4.79 Å². The third-order valence-electron chi connectivity index (χ3n) is 2.71. The number of rotatable bonds is 3. The topological polar surface area (TPSA) is 77.8 Å². The minimum absolute atomic E-state index is 0.0418. The molecule has 0 aliphatic heterocycles. The molecule has 1 aliphatic rings. The molecule has 0 spiro atoms. The van der Waals surface area contributed by atoms with Gasteiger partial charge in [0.05, 0.1) is 6.10 Å². The third-order valence-corrected chi connectivity index (χ3v) is 2.71. The first-order valence-corrected chi connectivity index (χ1v) is 4.72. The fourth-order valence-electron chi connectivity index (χ4n) is 1.88. The fraction of sp³-hybridized carbons (Fsp3) is 0.889. The molecule has 0 bridgehead atoms. The SMILES string of the molecule is O=C(O)C(O)C(O)C1CCCCC1. The molecule has 0 saturated heterocycles. The summed E-state index contributed by atoms with van der Waals surface area (Å²) in [4.78, 5) is 10.4. The van der Waals surface area contributed by atoms with Crippen molar-refractivity contribution in [3.8, 4) is 0 Å². The van der Waals surface area contributed by atoms with Gasteiger partial charge in [-0.1, -0.05) is 19.3 Å². The first-order chi connectivity index (χ1) is 6.13. The normalized spacial score (nSPS) is 23.8. The summed E-state index contributed by atoms with van der Waals surface area (Å²) >= 11 is 0. The lowest BCUT2D eigenvalue weighted by Gasteiger charge is -2.27. The standard InChI is InChI=1S/C9H16O4/c10-7(8(11)9(12)13)6-4-2-1-3-5-6/h6-8,10-11H,1-5H2,(H,12,13). The van der Waals surface area contributed by atoms with E-state index < -0.39 is 18.2 Å². The summed E-state index contributed by atoms with van der Waals surface area (Å²) in [6, 6.07) is 0. The van der Waals surface area contributed by atoms with E-state index in [4.69, 9.17) is 10.2 Å². The van der Waals surface area contributed by atoms with Gasteiger partial charge in [0.15, 0.2) is 6.10 Å². The molecular weight excluding hydrogens is 172 g/mol. The highest BCUT2D eigenvalue weighted by atomic mass is 16.4. The summed E-state index contributed by atoms with van der Waals surface area (Å²) in [5.41, 5.74) is 0. The van der Waals surface area contributed by atoms with Crippen LogP contribution in [0.2, 0.25) is 0 Å². The third kappa shape index (κ3) is 2.67. The second kappa shape index (κ2) is 4.58. The first kappa shape index (κ1) is 10.5. The van der Waals surface area contributed by atoms with Crippen LogP contribution in [-0.4, -0.2) is 33.5 Å². The highest BCUT2D eigenvalue weighted by molar-refractivity contribution is 5.72. The molecule has 0 amide bonds. The zero-order valence-corrected chi connectivity index (χ0v) is 7.52. The largest absolute Gasteiger partial charge is 0.479 e. The lowest BCUT2D eigenvalue weighted by Crippen LogP contribution is -2.39.